The molecule has 0 unspecified atom stereocenters. The average molecular weight is 446 g/mol. The first-order chi connectivity index (χ1) is 16.0. The second-order valence-corrected chi connectivity index (χ2v) is 9.16. The van der Waals surface area contributed by atoms with Gasteiger partial charge in [0.25, 0.3) is 5.91 Å². The Hall–Kier alpha value is -2.92. The zero-order valence-electron chi connectivity index (χ0n) is 19.9. The van der Waals surface area contributed by atoms with E-state index in [1.807, 2.05) is 6.07 Å². The highest BCUT2D eigenvalue weighted by Crippen LogP contribution is 2.33. The lowest BCUT2D eigenvalue weighted by Gasteiger charge is -2.29. The number of nitrogens with one attached hydrogen (secondary N) is 2. The monoisotopic (exact) mass is 445 g/mol. The smallest absolute Gasteiger partial charge is 0.251 e. The number of amides is 2. The summed E-state index contributed by atoms with van der Waals surface area (Å²) in [5, 5.41) is 6.05. The van der Waals surface area contributed by atoms with Gasteiger partial charge in [0, 0.05) is 44.4 Å². The molecule has 1 heterocycles. The Morgan fingerprint density at radius 1 is 0.970 bits per heavy atom. The Labute approximate surface area is 197 Å². The van der Waals surface area contributed by atoms with E-state index in [1.54, 1.807) is 6.92 Å². The predicted octanol–water partition coefficient (Wildman–Crippen LogP) is 4.71. The molecule has 0 atom stereocenters. The molecule has 0 bridgehead atoms. The standard InChI is InChI=1S/C28H35N3O2/c1-3-21-8-10-22(11-9-21)26-6-4-5-7-27(26)28(33)30-25-13-12-24-19-31(16-14-23(24)18-25)17-15-29-20(2)32/h8-13,18H,3-7,14-17,19H2,1-2H3,(H,29,32)(H,30,33). The minimum absolute atomic E-state index is 0.0157. The zero-order valence-corrected chi connectivity index (χ0v) is 19.9. The van der Waals surface area contributed by atoms with Gasteiger partial charge in [0.1, 0.15) is 0 Å². The van der Waals surface area contributed by atoms with Crippen LogP contribution in [0.5, 0.6) is 0 Å². The van der Waals surface area contributed by atoms with E-state index >= 15 is 0 Å². The van der Waals surface area contributed by atoms with E-state index in [0.717, 1.165) is 69.4 Å². The van der Waals surface area contributed by atoms with Gasteiger partial charge in [0.2, 0.25) is 5.91 Å². The third-order valence-electron chi connectivity index (χ3n) is 6.81. The van der Waals surface area contributed by atoms with Gasteiger partial charge in [-0.1, -0.05) is 37.3 Å². The van der Waals surface area contributed by atoms with Crippen LogP contribution in [0.3, 0.4) is 0 Å². The number of carbonyl (C=O) groups is 2. The number of hydrogen-bond acceptors (Lipinski definition) is 3. The van der Waals surface area contributed by atoms with Crippen LogP contribution in [0.1, 0.15) is 61.8 Å². The van der Waals surface area contributed by atoms with Gasteiger partial charge in [-0.15, -0.1) is 0 Å². The van der Waals surface area contributed by atoms with Crippen molar-refractivity contribution >= 4 is 23.1 Å². The highest BCUT2D eigenvalue weighted by molar-refractivity contribution is 6.09. The number of benzene rings is 2. The Kier molecular flexibility index (Phi) is 7.61. The molecule has 1 aliphatic carbocycles. The highest BCUT2D eigenvalue weighted by Gasteiger charge is 2.21. The van der Waals surface area contributed by atoms with E-state index in [2.05, 4.69) is 58.9 Å². The second-order valence-electron chi connectivity index (χ2n) is 9.16. The van der Waals surface area contributed by atoms with Crippen molar-refractivity contribution in [2.75, 3.05) is 25.0 Å². The van der Waals surface area contributed by atoms with Crippen LogP contribution >= 0.6 is 0 Å². The fraction of sp³-hybridized carbons (Fsp3) is 0.429. The first-order valence-electron chi connectivity index (χ1n) is 12.2. The maximum absolute atomic E-state index is 13.3. The Morgan fingerprint density at radius 2 is 1.76 bits per heavy atom. The van der Waals surface area contributed by atoms with Crippen molar-refractivity contribution in [2.45, 2.75) is 58.9 Å². The lowest BCUT2D eigenvalue weighted by molar-refractivity contribution is -0.119. The van der Waals surface area contributed by atoms with Gasteiger partial charge in [0.15, 0.2) is 0 Å². The molecule has 33 heavy (non-hydrogen) atoms. The minimum atomic E-state index is 0.0157. The van der Waals surface area contributed by atoms with Gasteiger partial charge < -0.3 is 10.6 Å². The van der Waals surface area contributed by atoms with Crippen LogP contribution in [0.25, 0.3) is 5.57 Å². The SMILES string of the molecule is CCc1ccc(C2=C(C(=O)Nc3ccc4c(c3)CCN(CCNC(C)=O)C4)CCCC2)cc1. The van der Waals surface area contributed by atoms with E-state index < -0.39 is 0 Å². The van der Waals surface area contributed by atoms with Gasteiger partial charge in [-0.25, -0.2) is 0 Å². The normalized spacial score (nSPS) is 16.3. The summed E-state index contributed by atoms with van der Waals surface area (Å²) >= 11 is 0. The molecule has 0 saturated heterocycles. The largest absolute Gasteiger partial charge is 0.355 e. The summed E-state index contributed by atoms with van der Waals surface area (Å²) in [7, 11) is 0. The van der Waals surface area contributed by atoms with Gasteiger partial charge in [0.05, 0.1) is 0 Å². The first kappa shape index (κ1) is 23.2. The molecule has 0 radical (unpaired) electrons. The number of anilines is 1. The van der Waals surface area contributed by atoms with Crippen LogP contribution in [0.4, 0.5) is 5.69 Å². The molecule has 2 aromatic carbocycles. The second kappa shape index (κ2) is 10.8. The van der Waals surface area contributed by atoms with E-state index in [4.69, 9.17) is 0 Å². The van der Waals surface area contributed by atoms with Gasteiger partial charge >= 0.3 is 0 Å². The Morgan fingerprint density at radius 3 is 2.52 bits per heavy atom. The third kappa shape index (κ3) is 5.91. The molecule has 5 heteroatoms. The van der Waals surface area contributed by atoms with Crippen molar-refractivity contribution in [1.82, 2.24) is 10.2 Å². The topological polar surface area (TPSA) is 61.4 Å². The molecule has 2 amide bonds. The molecule has 2 aromatic rings. The quantitative estimate of drug-likeness (QED) is 0.649. The summed E-state index contributed by atoms with van der Waals surface area (Å²) in [4.78, 5) is 26.7. The summed E-state index contributed by atoms with van der Waals surface area (Å²) in [6.45, 7) is 7.09. The number of rotatable bonds is 7. The molecule has 0 aromatic heterocycles. The van der Waals surface area contributed by atoms with Crippen LogP contribution in [0.15, 0.2) is 48.0 Å². The Balaban J connectivity index is 1.44. The number of hydrogen-bond donors (Lipinski definition) is 2. The molecule has 2 N–H and O–H groups in total. The number of allylic oxidation sites excluding steroid dienone is 1. The summed E-state index contributed by atoms with van der Waals surface area (Å²) in [6, 6.07) is 15.0. The fourth-order valence-corrected chi connectivity index (χ4v) is 4.89. The maximum atomic E-state index is 13.3. The van der Waals surface area contributed by atoms with Crippen molar-refractivity contribution in [3.63, 3.8) is 0 Å². The molecule has 4 rings (SSSR count). The van der Waals surface area contributed by atoms with Crippen LogP contribution in [0.2, 0.25) is 0 Å². The van der Waals surface area contributed by atoms with Crippen molar-refractivity contribution in [1.29, 1.82) is 0 Å². The minimum Gasteiger partial charge on any atom is -0.355 e. The van der Waals surface area contributed by atoms with E-state index in [0.29, 0.717) is 6.54 Å². The van der Waals surface area contributed by atoms with Crippen LogP contribution in [-0.2, 0) is 29.0 Å². The maximum Gasteiger partial charge on any atom is 0.251 e. The third-order valence-corrected chi connectivity index (χ3v) is 6.81. The summed E-state index contributed by atoms with van der Waals surface area (Å²) in [5.74, 6) is 0.0546. The molecular formula is C28H35N3O2. The van der Waals surface area contributed by atoms with Crippen LogP contribution in [-0.4, -0.2) is 36.3 Å². The molecule has 2 aliphatic rings. The van der Waals surface area contributed by atoms with Crippen LogP contribution < -0.4 is 10.6 Å². The lowest BCUT2D eigenvalue weighted by Crippen LogP contribution is -2.37. The molecule has 1 aliphatic heterocycles. The van der Waals surface area contributed by atoms with Gasteiger partial charge in [-0.3, -0.25) is 14.5 Å². The number of aryl methyl sites for hydroxylation is 1. The van der Waals surface area contributed by atoms with Crippen molar-refractivity contribution in [2.24, 2.45) is 0 Å². The first-order valence-corrected chi connectivity index (χ1v) is 12.2. The summed E-state index contributed by atoms with van der Waals surface area (Å²) < 4.78 is 0. The van der Waals surface area contributed by atoms with Gasteiger partial charge in [-0.2, -0.15) is 0 Å². The van der Waals surface area contributed by atoms with Gasteiger partial charge in [-0.05, 0) is 78.5 Å². The molecule has 174 valence electrons. The molecule has 0 fully saturated rings. The van der Waals surface area contributed by atoms with E-state index in [-0.39, 0.29) is 11.8 Å². The van der Waals surface area contributed by atoms with Crippen molar-refractivity contribution in [3.8, 4) is 0 Å². The number of nitrogens with zero attached hydrogens (tertiary/aromatic N) is 1. The molecule has 0 saturated carbocycles. The average Bonchev–Trinajstić information content (AvgIpc) is 2.84. The van der Waals surface area contributed by atoms with Crippen LogP contribution in [0, 0.1) is 0 Å². The fourth-order valence-electron chi connectivity index (χ4n) is 4.89. The summed E-state index contributed by atoms with van der Waals surface area (Å²) in [5.41, 5.74) is 8.13. The molecule has 5 nitrogen and oxygen atoms in total. The number of carbonyl (C=O) groups excluding carboxylic acids is 2. The summed E-state index contributed by atoms with van der Waals surface area (Å²) in [6.07, 6.45) is 5.99. The van der Waals surface area contributed by atoms with Crippen molar-refractivity contribution in [3.05, 3.63) is 70.3 Å². The van der Waals surface area contributed by atoms with E-state index in [1.165, 1.54) is 27.8 Å². The number of fused-ring (bicyclic) bond motifs is 1. The predicted molar refractivity (Wildman–Crippen MR) is 134 cm³/mol. The van der Waals surface area contributed by atoms with Crippen molar-refractivity contribution < 1.29 is 9.59 Å². The highest BCUT2D eigenvalue weighted by atomic mass is 16.2. The zero-order chi connectivity index (χ0) is 23.2. The molecular weight excluding hydrogens is 410 g/mol. The molecule has 0 spiro atoms. The Bertz CT molecular complexity index is 1040. The van der Waals surface area contributed by atoms with E-state index in [9.17, 15) is 9.59 Å². The lowest BCUT2D eigenvalue weighted by atomic mass is 9.86.